The number of nitrogens with zero attached hydrogens (tertiary/aromatic N) is 2. The summed E-state index contributed by atoms with van der Waals surface area (Å²) in [5.74, 6) is 1.44. The van der Waals surface area contributed by atoms with Crippen LogP contribution >= 0.6 is 0 Å². The van der Waals surface area contributed by atoms with Crippen LogP contribution in [0.15, 0.2) is 47.6 Å². The van der Waals surface area contributed by atoms with Gasteiger partial charge < -0.3 is 9.30 Å². The Labute approximate surface area is 132 Å². The van der Waals surface area contributed by atoms with Crippen molar-refractivity contribution in [1.82, 2.24) is 4.57 Å². The molecule has 0 aliphatic carbocycles. The van der Waals surface area contributed by atoms with E-state index in [9.17, 15) is 0 Å². The molecular formula is C19H24N2O. The largest absolute Gasteiger partial charge is 0.474 e. The van der Waals surface area contributed by atoms with E-state index in [1.54, 1.807) is 0 Å². The lowest BCUT2D eigenvalue weighted by Gasteiger charge is -2.09. The van der Waals surface area contributed by atoms with Crippen LogP contribution in [0.1, 0.15) is 37.1 Å². The predicted octanol–water partition coefficient (Wildman–Crippen LogP) is 4.04. The van der Waals surface area contributed by atoms with Crippen molar-refractivity contribution in [2.75, 3.05) is 6.61 Å². The van der Waals surface area contributed by atoms with Crippen molar-refractivity contribution in [1.29, 1.82) is 0 Å². The molecule has 0 fully saturated rings. The fourth-order valence-electron chi connectivity index (χ4n) is 2.86. The predicted molar refractivity (Wildman–Crippen MR) is 90.4 cm³/mol. The molecule has 3 rings (SSSR count). The second-order valence-electron chi connectivity index (χ2n) is 6.54. The van der Waals surface area contributed by atoms with Gasteiger partial charge in [-0.2, -0.15) is 0 Å². The van der Waals surface area contributed by atoms with Gasteiger partial charge in [-0.05, 0) is 37.0 Å². The van der Waals surface area contributed by atoms with E-state index in [1.165, 1.54) is 11.1 Å². The van der Waals surface area contributed by atoms with Gasteiger partial charge >= 0.3 is 0 Å². The first-order valence-corrected chi connectivity index (χ1v) is 8.03. The number of aryl methyl sites for hydroxylation is 1. The van der Waals surface area contributed by atoms with Gasteiger partial charge in [-0.3, -0.25) is 0 Å². The van der Waals surface area contributed by atoms with Crippen LogP contribution in [-0.4, -0.2) is 23.1 Å². The molecule has 1 atom stereocenters. The van der Waals surface area contributed by atoms with Crippen LogP contribution in [0, 0.1) is 12.8 Å². The molecular weight excluding hydrogens is 272 g/mol. The zero-order valence-electron chi connectivity index (χ0n) is 13.6. The lowest BCUT2D eigenvalue weighted by Crippen LogP contribution is -2.11. The van der Waals surface area contributed by atoms with Gasteiger partial charge in [0, 0.05) is 12.7 Å². The lowest BCUT2D eigenvalue weighted by atomic mass is 10.1. The average molecular weight is 296 g/mol. The van der Waals surface area contributed by atoms with Crippen LogP contribution in [0.5, 0.6) is 0 Å². The van der Waals surface area contributed by atoms with E-state index in [2.05, 4.69) is 67.9 Å². The van der Waals surface area contributed by atoms with Gasteiger partial charge in [0.05, 0.1) is 6.04 Å². The third-order valence-electron chi connectivity index (χ3n) is 3.98. The van der Waals surface area contributed by atoms with Crippen molar-refractivity contribution in [3.63, 3.8) is 0 Å². The average Bonchev–Trinajstić information content (AvgIpc) is 3.10. The number of benzene rings is 1. The van der Waals surface area contributed by atoms with Gasteiger partial charge in [-0.1, -0.05) is 43.7 Å². The van der Waals surface area contributed by atoms with Gasteiger partial charge in [-0.15, -0.1) is 0 Å². The Morgan fingerprint density at radius 2 is 2.00 bits per heavy atom. The number of ether oxygens (including phenoxy) is 1. The monoisotopic (exact) mass is 296 g/mol. The highest BCUT2D eigenvalue weighted by atomic mass is 16.5. The van der Waals surface area contributed by atoms with Crippen LogP contribution in [0.4, 0.5) is 0 Å². The maximum absolute atomic E-state index is 5.84. The maximum Gasteiger partial charge on any atom is 0.233 e. The molecule has 116 valence electrons. The molecule has 0 saturated heterocycles. The quantitative estimate of drug-likeness (QED) is 0.818. The highest BCUT2D eigenvalue weighted by Crippen LogP contribution is 2.19. The highest BCUT2D eigenvalue weighted by Gasteiger charge is 2.22. The normalized spacial score (nSPS) is 17.6. The molecule has 2 heterocycles. The number of hydrogen-bond donors (Lipinski definition) is 0. The summed E-state index contributed by atoms with van der Waals surface area (Å²) in [5.41, 5.74) is 3.66. The summed E-state index contributed by atoms with van der Waals surface area (Å²) in [4.78, 5) is 4.76. The molecule has 0 bridgehead atoms. The molecule has 1 aromatic carbocycles. The molecule has 0 amide bonds. The van der Waals surface area contributed by atoms with E-state index in [-0.39, 0.29) is 0 Å². The van der Waals surface area contributed by atoms with Crippen molar-refractivity contribution in [3.05, 3.63) is 59.4 Å². The molecule has 0 N–H and O–H groups in total. The van der Waals surface area contributed by atoms with Crippen molar-refractivity contribution >= 4 is 5.90 Å². The summed E-state index contributed by atoms with van der Waals surface area (Å²) in [5, 5.41) is 0. The minimum atomic E-state index is 0.303. The molecule has 1 unspecified atom stereocenters. The topological polar surface area (TPSA) is 26.5 Å². The minimum absolute atomic E-state index is 0.303. The first-order valence-electron chi connectivity index (χ1n) is 8.03. The standard InChI is InChI=1S/C19H24N2O/c1-14(2)11-17-13-22-19(20-17)18-5-4-10-21(18)12-16-8-6-15(3)7-9-16/h4-10,14,17H,11-13H2,1-3H3. The van der Waals surface area contributed by atoms with Crippen molar-refractivity contribution < 1.29 is 4.74 Å². The highest BCUT2D eigenvalue weighted by molar-refractivity contribution is 5.93. The minimum Gasteiger partial charge on any atom is -0.474 e. The van der Waals surface area contributed by atoms with Crippen LogP contribution in [0.2, 0.25) is 0 Å². The first-order chi connectivity index (χ1) is 10.6. The van der Waals surface area contributed by atoms with Gasteiger partial charge in [0.2, 0.25) is 5.90 Å². The maximum atomic E-state index is 5.84. The third-order valence-corrected chi connectivity index (χ3v) is 3.98. The molecule has 0 spiro atoms. The van der Waals surface area contributed by atoms with E-state index in [4.69, 9.17) is 9.73 Å². The van der Waals surface area contributed by atoms with Gasteiger partial charge in [0.1, 0.15) is 12.3 Å². The first kappa shape index (κ1) is 14.9. The number of rotatable bonds is 5. The van der Waals surface area contributed by atoms with Gasteiger partial charge in [0.25, 0.3) is 0 Å². The van der Waals surface area contributed by atoms with Crippen LogP contribution in [-0.2, 0) is 11.3 Å². The van der Waals surface area contributed by atoms with Crippen molar-refractivity contribution in [2.24, 2.45) is 10.9 Å². The zero-order valence-corrected chi connectivity index (χ0v) is 13.6. The summed E-state index contributed by atoms with van der Waals surface area (Å²) in [6.45, 7) is 8.13. The Balaban J connectivity index is 1.76. The Kier molecular flexibility index (Phi) is 4.32. The molecule has 1 aromatic heterocycles. The number of aliphatic imine (C=N–C) groups is 1. The molecule has 22 heavy (non-hydrogen) atoms. The lowest BCUT2D eigenvalue weighted by molar-refractivity contribution is 0.300. The molecule has 3 heteroatoms. The fraction of sp³-hybridized carbons (Fsp3) is 0.421. The van der Waals surface area contributed by atoms with Gasteiger partial charge in [-0.25, -0.2) is 4.99 Å². The van der Waals surface area contributed by atoms with Crippen LogP contribution in [0.25, 0.3) is 0 Å². The van der Waals surface area contributed by atoms with Crippen LogP contribution in [0.3, 0.4) is 0 Å². The third kappa shape index (κ3) is 3.41. The Hall–Kier alpha value is -2.03. The summed E-state index contributed by atoms with van der Waals surface area (Å²) in [7, 11) is 0. The smallest absolute Gasteiger partial charge is 0.233 e. The number of aromatic nitrogens is 1. The Morgan fingerprint density at radius 3 is 2.73 bits per heavy atom. The zero-order chi connectivity index (χ0) is 15.5. The van der Waals surface area contributed by atoms with E-state index in [0.717, 1.165) is 24.6 Å². The summed E-state index contributed by atoms with van der Waals surface area (Å²) >= 11 is 0. The van der Waals surface area contributed by atoms with E-state index < -0.39 is 0 Å². The SMILES string of the molecule is Cc1ccc(Cn2cccc2C2=NC(CC(C)C)CO2)cc1. The molecule has 1 aliphatic rings. The Bertz CT molecular complexity index is 652. The van der Waals surface area contributed by atoms with Crippen molar-refractivity contribution in [3.8, 4) is 0 Å². The molecule has 3 nitrogen and oxygen atoms in total. The Morgan fingerprint density at radius 1 is 1.23 bits per heavy atom. The summed E-state index contributed by atoms with van der Waals surface area (Å²) in [6.07, 6.45) is 3.18. The van der Waals surface area contributed by atoms with E-state index in [0.29, 0.717) is 18.6 Å². The molecule has 2 aromatic rings. The van der Waals surface area contributed by atoms with Gasteiger partial charge in [0.15, 0.2) is 0 Å². The van der Waals surface area contributed by atoms with E-state index in [1.807, 2.05) is 0 Å². The second kappa shape index (κ2) is 6.39. The fourth-order valence-corrected chi connectivity index (χ4v) is 2.86. The second-order valence-corrected chi connectivity index (χ2v) is 6.54. The molecule has 0 radical (unpaired) electrons. The van der Waals surface area contributed by atoms with E-state index >= 15 is 0 Å². The molecule has 0 saturated carbocycles. The van der Waals surface area contributed by atoms with Crippen molar-refractivity contribution in [2.45, 2.75) is 39.8 Å². The molecule has 1 aliphatic heterocycles. The number of hydrogen-bond acceptors (Lipinski definition) is 2. The van der Waals surface area contributed by atoms with Crippen LogP contribution < -0.4 is 0 Å². The summed E-state index contributed by atoms with van der Waals surface area (Å²) in [6, 6.07) is 13.1. The summed E-state index contributed by atoms with van der Waals surface area (Å²) < 4.78 is 8.05.